The normalized spacial score (nSPS) is 22.0. The fraction of sp³-hybridized carbons (Fsp3) is 0.533. The molecule has 1 fully saturated rings. The van der Waals surface area contributed by atoms with Gasteiger partial charge in [-0.3, -0.25) is 9.35 Å². The molecule has 6 nitrogen and oxygen atoms in total. The van der Waals surface area contributed by atoms with Gasteiger partial charge < -0.3 is 9.84 Å². The topological polar surface area (TPSA) is 101 Å². The summed E-state index contributed by atoms with van der Waals surface area (Å²) in [5.41, 5.74) is -5.34. The van der Waals surface area contributed by atoms with Crippen LogP contribution in [0, 0.1) is 47.4 Å². The number of hydrogen-bond donors (Lipinski definition) is 2. The van der Waals surface area contributed by atoms with Crippen molar-refractivity contribution in [3.05, 3.63) is 34.4 Å². The molecule has 0 heterocycles. The molecule has 0 aromatic heterocycles. The first-order valence-corrected chi connectivity index (χ1v) is 8.85. The van der Waals surface area contributed by atoms with Crippen molar-refractivity contribution in [1.29, 1.82) is 0 Å². The number of halogens is 4. The summed E-state index contributed by atoms with van der Waals surface area (Å²) in [5, 5.41) is 9.59. The van der Waals surface area contributed by atoms with Gasteiger partial charge in [-0.1, -0.05) is 13.8 Å². The van der Waals surface area contributed by atoms with Gasteiger partial charge in [0.05, 0.1) is 11.5 Å². The third kappa shape index (κ3) is 4.33. The Balaban J connectivity index is 0.00000364. The minimum absolute atomic E-state index is 0. The van der Waals surface area contributed by atoms with Crippen molar-refractivity contribution in [2.45, 2.75) is 32.8 Å². The summed E-state index contributed by atoms with van der Waals surface area (Å²) in [6, 6.07) is 0. The van der Waals surface area contributed by atoms with E-state index in [2.05, 4.69) is 4.74 Å². The quantitative estimate of drug-likeness (QED) is 0.244. The van der Waals surface area contributed by atoms with Gasteiger partial charge in [-0.25, -0.2) is 17.6 Å². The molecule has 0 bridgehead atoms. The van der Waals surface area contributed by atoms with Gasteiger partial charge in [0.2, 0.25) is 0 Å². The average Bonchev–Trinajstić information content (AvgIpc) is 3.11. The first kappa shape index (κ1) is 24.3. The van der Waals surface area contributed by atoms with Crippen LogP contribution in [0.15, 0.2) is 0 Å². The van der Waals surface area contributed by atoms with Crippen LogP contribution in [-0.4, -0.2) is 59.0 Å². The number of aliphatic hydroxyl groups is 1. The van der Waals surface area contributed by atoms with E-state index in [0.29, 0.717) is 0 Å². The fourth-order valence-corrected chi connectivity index (χ4v) is 3.87. The van der Waals surface area contributed by atoms with E-state index < -0.39 is 79.8 Å². The SMILES string of the molecule is Cc1c(F)c(F)c(COC(=O)C2C(C(O)S(=O)(=O)O)C2(C)C)c(F)c1F.[NaH]. The Hall–Kier alpha value is -0.720. The molecule has 12 heteroatoms. The molecule has 0 spiro atoms. The van der Waals surface area contributed by atoms with Gasteiger partial charge in [0.25, 0.3) is 10.1 Å². The van der Waals surface area contributed by atoms with Gasteiger partial charge in [0, 0.05) is 11.5 Å². The second kappa shape index (κ2) is 7.96. The van der Waals surface area contributed by atoms with Gasteiger partial charge in [0.1, 0.15) is 6.61 Å². The molecular weight excluding hydrogens is 407 g/mol. The maximum atomic E-state index is 13.8. The van der Waals surface area contributed by atoms with Crippen molar-refractivity contribution >= 4 is 45.6 Å². The Morgan fingerprint density at radius 2 is 1.59 bits per heavy atom. The summed E-state index contributed by atoms with van der Waals surface area (Å²) in [7, 11) is -4.85. The van der Waals surface area contributed by atoms with Crippen molar-refractivity contribution < 1.29 is 45.2 Å². The Kier molecular flexibility index (Phi) is 7.17. The number of benzene rings is 1. The molecule has 1 aliphatic rings. The van der Waals surface area contributed by atoms with E-state index in [1.807, 2.05) is 0 Å². The molecule has 148 valence electrons. The Morgan fingerprint density at radius 1 is 1.15 bits per heavy atom. The second-order valence-corrected chi connectivity index (χ2v) is 8.21. The standard InChI is InChI=1S/C15H16F4O6S.Na.H/c1-5-9(16)11(18)6(12(19)10(5)17)4-25-13(20)7-8(15(7,2)3)14(21)26(22,23)24;;/h7-8,14,21H,4H2,1-3H3,(H,22,23,24);;. The van der Waals surface area contributed by atoms with Crippen LogP contribution in [0.25, 0.3) is 0 Å². The van der Waals surface area contributed by atoms with Gasteiger partial charge in [-0.2, -0.15) is 8.42 Å². The van der Waals surface area contributed by atoms with Crippen LogP contribution in [0.2, 0.25) is 0 Å². The Labute approximate surface area is 174 Å². The van der Waals surface area contributed by atoms with Crippen LogP contribution >= 0.6 is 0 Å². The first-order valence-electron chi connectivity index (χ1n) is 7.35. The maximum absolute atomic E-state index is 13.8. The van der Waals surface area contributed by atoms with Gasteiger partial charge in [-0.15, -0.1) is 0 Å². The van der Waals surface area contributed by atoms with Gasteiger partial charge >= 0.3 is 35.5 Å². The summed E-state index contributed by atoms with van der Waals surface area (Å²) in [4.78, 5) is 12.1. The van der Waals surface area contributed by atoms with Gasteiger partial charge in [-0.05, 0) is 12.3 Å². The van der Waals surface area contributed by atoms with Crippen LogP contribution in [0.1, 0.15) is 25.0 Å². The molecule has 0 radical (unpaired) electrons. The van der Waals surface area contributed by atoms with Gasteiger partial charge in [0.15, 0.2) is 28.7 Å². The van der Waals surface area contributed by atoms with Crippen LogP contribution in [0.5, 0.6) is 0 Å². The number of carbonyl (C=O) groups is 1. The number of esters is 1. The van der Waals surface area contributed by atoms with Crippen LogP contribution in [0.3, 0.4) is 0 Å². The first-order chi connectivity index (χ1) is 11.7. The van der Waals surface area contributed by atoms with Crippen molar-refractivity contribution in [3.63, 3.8) is 0 Å². The summed E-state index contributed by atoms with van der Waals surface area (Å²) < 4.78 is 90.1. The molecule has 0 aliphatic heterocycles. The number of ether oxygens (including phenoxy) is 1. The fourth-order valence-electron chi connectivity index (χ4n) is 2.99. The molecule has 1 aromatic carbocycles. The average molecular weight is 424 g/mol. The predicted molar refractivity (Wildman–Crippen MR) is 86.3 cm³/mol. The van der Waals surface area contributed by atoms with Crippen molar-refractivity contribution in [3.8, 4) is 0 Å². The zero-order valence-corrected chi connectivity index (χ0v) is 14.7. The van der Waals surface area contributed by atoms with Crippen molar-refractivity contribution in [2.24, 2.45) is 17.3 Å². The molecule has 1 aromatic rings. The second-order valence-electron chi connectivity index (χ2n) is 6.70. The van der Waals surface area contributed by atoms with E-state index >= 15 is 0 Å². The molecular formula is C15H17F4NaO6S. The summed E-state index contributed by atoms with van der Waals surface area (Å²) >= 11 is 0. The van der Waals surface area contributed by atoms with E-state index in [0.717, 1.165) is 6.92 Å². The summed E-state index contributed by atoms with van der Waals surface area (Å²) in [6.45, 7) is 2.52. The number of hydrogen-bond acceptors (Lipinski definition) is 5. The molecule has 0 amide bonds. The molecule has 27 heavy (non-hydrogen) atoms. The number of carbonyl (C=O) groups excluding carboxylic acids is 1. The van der Waals surface area contributed by atoms with E-state index in [-0.39, 0.29) is 29.6 Å². The monoisotopic (exact) mass is 424 g/mol. The van der Waals surface area contributed by atoms with E-state index in [1.54, 1.807) is 0 Å². The molecule has 2 rings (SSSR count). The zero-order chi connectivity index (χ0) is 20.2. The summed E-state index contributed by atoms with van der Waals surface area (Å²) in [5.74, 6) is -10.2. The van der Waals surface area contributed by atoms with Crippen LogP contribution in [-0.2, 0) is 26.3 Å². The van der Waals surface area contributed by atoms with Crippen LogP contribution < -0.4 is 0 Å². The molecule has 3 atom stereocenters. The van der Waals surface area contributed by atoms with Crippen LogP contribution in [0.4, 0.5) is 17.6 Å². The predicted octanol–water partition coefficient (Wildman–Crippen LogP) is 1.42. The molecule has 3 unspecified atom stereocenters. The van der Waals surface area contributed by atoms with E-state index in [1.165, 1.54) is 13.8 Å². The van der Waals surface area contributed by atoms with Crippen molar-refractivity contribution in [1.82, 2.24) is 0 Å². The third-order valence-corrected chi connectivity index (χ3v) is 5.61. The Bertz CT molecular complexity index is 845. The molecule has 1 saturated carbocycles. The Morgan fingerprint density at radius 3 is 2.00 bits per heavy atom. The number of aliphatic hydroxyl groups excluding tert-OH is 1. The molecule has 1 aliphatic carbocycles. The van der Waals surface area contributed by atoms with E-state index in [9.17, 15) is 35.9 Å². The minimum atomic E-state index is -4.85. The molecule has 0 saturated heterocycles. The summed E-state index contributed by atoms with van der Waals surface area (Å²) in [6.07, 6.45) is 0. The third-order valence-electron chi connectivity index (χ3n) is 4.71. The van der Waals surface area contributed by atoms with E-state index in [4.69, 9.17) is 4.55 Å². The zero-order valence-electron chi connectivity index (χ0n) is 13.9. The molecule has 2 N–H and O–H groups in total. The number of rotatable bonds is 5. The van der Waals surface area contributed by atoms with Crippen molar-refractivity contribution in [2.75, 3.05) is 0 Å².